The number of methoxy groups -OCH3 is 1. The number of fused-ring (bicyclic) bond motifs is 5. The van der Waals surface area contributed by atoms with Crippen LogP contribution in [0.15, 0.2) is 11.8 Å². The van der Waals surface area contributed by atoms with Gasteiger partial charge in [-0.25, -0.2) is 0 Å². The molecule has 4 aliphatic rings. The lowest BCUT2D eigenvalue weighted by Gasteiger charge is -2.61. The largest absolute Gasteiger partial charge is 0.504 e. The van der Waals surface area contributed by atoms with Gasteiger partial charge in [-0.15, -0.1) is 0 Å². The van der Waals surface area contributed by atoms with Crippen LogP contribution in [0.25, 0.3) is 0 Å². The Balaban J connectivity index is 0.00000102. The standard InChI is InChI=1S/C22H34O3.C2H6/c1-20-12-14(13-25-4)19(23)11-15(20)5-6-16-17(20)7-9-21(2)18(16)8-10-22(21,3)24;1-2/h13,15-18,24H,5-12H2,1-4H3;1-2H3/b14-13-;. The Kier molecular flexibility index (Phi) is 5.58. The van der Waals surface area contributed by atoms with Crippen LogP contribution >= 0.6 is 0 Å². The van der Waals surface area contributed by atoms with E-state index in [1.54, 1.807) is 13.4 Å². The van der Waals surface area contributed by atoms with Gasteiger partial charge in [0.25, 0.3) is 0 Å². The Morgan fingerprint density at radius 2 is 1.70 bits per heavy atom. The summed E-state index contributed by atoms with van der Waals surface area (Å²) in [5, 5.41) is 11.0. The van der Waals surface area contributed by atoms with E-state index in [0.29, 0.717) is 35.9 Å². The van der Waals surface area contributed by atoms with Crippen molar-refractivity contribution >= 4 is 5.78 Å². The molecule has 0 aromatic heterocycles. The highest BCUT2D eigenvalue weighted by Gasteiger charge is 2.63. The van der Waals surface area contributed by atoms with Gasteiger partial charge in [-0.2, -0.15) is 0 Å². The molecule has 3 nitrogen and oxygen atoms in total. The van der Waals surface area contributed by atoms with Crippen molar-refractivity contribution in [1.82, 2.24) is 0 Å². The first-order valence-electron chi connectivity index (χ1n) is 11.2. The van der Waals surface area contributed by atoms with Crippen LogP contribution in [0, 0.1) is 34.5 Å². The maximum atomic E-state index is 12.5. The third kappa shape index (κ3) is 2.99. The van der Waals surface area contributed by atoms with E-state index in [4.69, 9.17) is 4.74 Å². The number of rotatable bonds is 1. The zero-order valence-electron chi connectivity index (χ0n) is 18.3. The number of aliphatic hydroxyl groups is 1. The van der Waals surface area contributed by atoms with Crippen molar-refractivity contribution in [3.8, 4) is 0 Å². The first-order chi connectivity index (χ1) is 12.7. The molecular weight excluding hydrogens is 336 g/mol. The highest BCUT2D eigenvalue weighted by atomic mass is 16.5. The molecule has 3 heteroatoms. The molecule has 7 atom stereocenters. The van der Waals surface area contributed by atoms with Gasteiger partial charge in [0.05, 0.1) is 19.0 Å². The fraction of sp³-hybridized carbons (Fsp3) is 0.875. The second kappa shape index (κ2) is 7.21. The smallest absolute Gasteiger partial charge is 0.162 e. The van der Waals surface area contributed by atoms with Crippen molar-refractivity contribution in [2.45, 2.75) is 91.6 Å². The van der Waals surface area contributed by atoms with Crippen molar-refractivity contribution in [2.24, 2.45) is 34.5 Å². The van der Waals surface area contributed by atoms with Crippen LogP contribution in [0.4, 0.5) is 0 Å². The van der Waals surface area contributed by atoms with Crippen LogP contribution in [-0.4, -0.2) is 23.6 Å². The number of carbonyl (C=O) groups excluding carboxylic acids is 1. The van der Waals surface area contributed by atoms with Gasteiger partial charge in [-0.3, -0.25) is 4.79 Å². The van der Waals surface area contributed by atoms with Crippen molar-refractivity contribution in [3.63, 3.8) is 0 Å². The summed E-state index contributed by atoms with van der Waals surface area (Å²) >= 11 is 0. The predicted octanol–water partition coefficient (Wildman–Crippen LogP) is 5.52. The molecule has 0 saturated heterocycles. The summed E-state index contributed by atoms with van der Waals surface area (Å²) in [5.74, 6) is 2.87. The Hall–Kier alpha value is -0.830. The molecule has 0 amide bonds. The molecule has 0 spiro atoms. The quantitative estimate of drug-likeness (QED) is 0.484. The zero-order valence-corrected chi connectivity index (χ0v) is 18.3. The molecule has 0 bridgehead atoms. The first-order valence-corrected chi connectivity index (χ1v) is 11.2. The lowest BCUT2D eigenvalue weighted by molar-refractivity contribution is -0.147. The van der Waals surface area contributed by atoms with E-state index >= 15 is 0 Å². The van der Waals surface area contributed by atoms with Gasteiger partial charge in [-0.1, -0.05) is 27.7 Å². The second-order valence-corrected chi connectivity index (χ2v) is 10.1. The minimum Gasteiger partial charge on any atom is -0.504 e. The first kappa shape index (κ1) is 20.9. The minimum absolute atomic E-state index is 0.0764. The molecule has 0 aliphatic heterocycles. The van der Waals surface area contributed by atoms with Gasteiger partial charge >= 0.3 is 0 Å². The van der Waals surface area contributed by atoms with Crippen molar-refractivity contribution < 1.29 is 14.6 Å². The van der Waals surface area contributed by atoms with E-state index < -0.39 is 5.60 Å². The Morgan fingerprint density at radius 1 is 1.04 bits per heavy atom. The minimum atomic E-state index is -0.510. The summed E-state index contributed by atoms with van der Waals surface area (Å²) in [6, 6.07) is 0. The summed E-state index contributed by atoms with van der Waals surface area (Å²) in [6.45, 7) is 10.9. The van der Waals surface area contributed by atoms with E-state index in [1.165, 1.54) is 25.7 Å². The lowest BCUT2D eigenvalue weighted by atomic mass is 9.44. The Labute approximate surface area is 165 Å². The highest BCUT2D eigenvalue weighted by molar-refractivity contribution is 5.96. The van der Waals surface area contributed by atoms with E-state index in [1.807, 2.05) is 13.8 Å². The lowest BCUT2D eigenvalue weighted by Crippen LogP contribution is -2.56. The number of allylic oxidation sites excluding steroid dienone is 1. The molecule has 1 N–H and O–H groups in total. The Morgan fingerprint density at radius 3 is 2.37 bits per heavy atom. The molecule has 4 aliphatic carbocycles. The van der Waals surface area contributed by atoms with Crippen LogP contribution in [0.2, 0.25) is 0 Å². The van der Waals surface area contributed by atoms with Crippen LogP contribution in [-0.2, 0) is 9.53 Å². The molecule has 0 heterocycles. The third-order valence-corrected chi connectivity index (χ3v) is 9.25. The normalized spacial score (nSPS) is 50.2. The van der Waals surface area contributed by atoms with Crippen molar-refractivity contribution in [2.75, 3.05) is 7.11 Å². The van der Waals surface area contributed by atoms with Crippen LogP contribution in [0.1, 0.15) is 86.0 Å². The highest BCUT2D eigenvalue weighted by Crippen LogP contribution is 2.68. The monoisotopic (exact) mass is 376 g/mol. The molecule has 27 heavy (non-hydrogen) atoms. The molecule has 4 saturated carbocycles. The van der Waals surface area contributed by atoms with Gasteiger partial charge in [-0.05, 0) is 86.4 Å². The molecule has 0 radical (unpaired) electrons. The summed E-state index contributed by atoms with van der Waals surface area (Å²) in [6.07, 6.45) is 10.2. The summed E-state index contributed by atoms with van der Waals surface area (Å²) < 4.78 is 5.21. The zero-order chi connectivity index (χ0) is 20.0. The van der Waals surface area contributed by atoms with Gasteiger partial charge in [0, 0.05) is 12.0 Å². The number of Topliss-reactive ketones (excluding diaryl/α,β-unsaturated/α-hetero) is 1. The third-order valence-electron chi connectivity index (χ3n) is 9.25. The van der Waals surface area contributed by atoms with E-state index in [2.05, 4.69) is 20.8 Å². The molecule has 154 valence electrons. The molecule has 7 unspecified atom stereocenters. The fourth-order valence-electron chi connectivity index (χ4n) is 7.50. The maximum absolute atomic E-state index is 12.5. The van der Waals surface area contributed by atoms with Crippen LogP contribution < -0.4 is 0 Å². The molecule has 0 aromatic rings. The summed E-state index contributed by atoms with van der Waals surface area (Å²) in [7, 11) is 1.64. The number of ether oxygens (including phenoxy) is 1. The number of hydrogen-bond acceptors (Lipinski definition) is 3. The SMILES string of the molecule is CC.CO/C=C1/CC2(C)C(CCC3C2CCC2(C)C3CCC2(C)O)CC1=O. The van der Waals surface area contributed by atoms with E-state index in [0.717, 1.165) is 24.8 Å². The average Bonchev–Trinajstić information content (AvgIpc) is 2.88. The summed E-state index contributed by atoms with van der Waals surface area (Å²) in [5.41, 5.74) is 0.683. The number of carbonyl (C=O) groups is 1. The van der Waals surface area contributed by atoms with Gasteiger partial charge in [0.15, 0.2) is 5.78 Å². The average molecular weight is 377 g/mol. The number of hydrogen-bond donors (Lipinski definition) is 1. The van der Waals surface area contributed by atoms with E-state index in [9.17, 15) is 9.90 Å². The van der Waals surface area contributed by atoms with Gasteiger partial charge in [0.2, 0.25) is 0 Å². The van der Waals surface area contributed by atoms with Gasteiger partial charge in [0.1, 0.15) is 0 Å². The van der Waals surface area contributed by atoms with Crippen molar-refractivity contribution in [3.05, 3.63) is 11.8 Å². The Bertz CT molecular complexity index is 607. The molecule has 4 rings (SSSR count). The molecular formula is C24H40O3. The molecule has 4 fully saturated rings. The number of ketones is 1. The predicted molar refractivity (Wildman–Crippen MR) is 109 cm³/mol. The molecule has 0 aromatic carbocycles. The van der Waals surface area contributed by atoms with Crippen LogP contribution in [0.3, 0.4) is 0 Å². The van der Waals surface area contributed by atoms with Crippen LogP contribution in [0.5, 0.6) is 0 Å². The maximum Gasteiger partial charge on any atom is 0.162 e. The van der Waals surface area contributed by atoms with E-state index in [-0.39, 0.29) is 10.8 Å². The van der Waals surface area contributed by atoms with Gasteiger partial charge < -0.3 is 9.84 Å². The topological polar surface area (TPSA) is 46.5 Å². The fourth-order valence-corrected chi connectivity index (χ4v) is 7.50. The summed E-state index contributed by atoms with van der Waals surface area (Å²) in [4.78, 5) is 12.5. The second-order valence-electron chi connectivity index (χ2n) is 10.1. The van der Waals surface area contributed by atoms with Crippen molar-refractivity contribution in [1.29, 1.82) is 0 Å².